The molecule has 0 aliphatic heterocycles. The monoisotopic (exact) mass is 238 g/mol. The van der Waals surface area contributed by atoms with Crippen molar-refractivity contribution in [2.75, 3.05) is 12.3 Å². The molecule has 3 N–H and O–H groups in total. The molecular weight excluding hydrogens is 224 g/mol. The van der Waals surface area contributed by atoms with E-state index >= 15 is 0 Å². The number of amides is 1. The molecule has 1 rings (SSSR count). The molecule has 6 heteroatoms. The maximum atomic E-state index is 11.4. The number of unbranched alkanes of at least 4 members (excludes halogenated alkanes) is 2. The Hall–Kier alpha value is -1.61. The topological polar surface area (TPSA) is 91.8 Å². The van der Waals surface area contributed by atoms with Crippen LogP contribution in [0.4, 0.5) is 5.13 Å². The van der Waals surface area contributed by atoms with E-state index in [0.717, 1.165) is 12.8 Å². The highest BCUT2D eigenvalue weighted by atomic mass is 32.1. The number of nitrogen functional groups attached to an aromatic ring is 1. The zero-order chi connectivity index (χ0) is 11.8. The number of nitriles is 1. The Kier molecular flexibility index (Phi) is 5.29. The van der Waals surface area contributed by atoms with Gasteiger partial charge in [0.2, 0.25) is 5.91 Å². The molecule has 0 bridgehead atoms. The van der Waals surface area contributed by atoms with Crippen LogP contribution >= 0.6 is 11.3 Å². The van der Waals surface area contributed by atoms with Crippen LogP contribution in [0.1, 0.15) is 25.0 Å². The first-order valence-electron chi connectivity index (χ1n) is 5.06. The van der Waals surface area contributed by atoms with Gasteiger partial charge in [0.05, 0.1) is 18.2 Å². The normalized spacial score (nSPS) is 9.69. The molecule has 1 amide bonds. The van der Waals surface area contributed by atoms with E-state index in [1.807, 2.05) is 0 Å². The van der Waals surface area contributed by atoms with Crippen LogP contribution < -0.4 is 11.1 Å². The third kappa shape index (κ3) is 4.75. The van der Waals surface area contributed by atoms with Crippen molar-refractivity contribution in [2.24, 2.45) is 0 Å². The van der Waals surface area contributed by atoms with Crippen LogP contribution in [-0.2, 0) is 11.2 Å². The van der Waals surface area contributed by atoms with Crippen molar-refractivity contribution in [3.05, 3.63) is 11.1 Å². The minimum absolute atomic E-state index is 0.0535. The molecule has 1 aromatic heterocycles. The summed E-state index contributed by atoms with van der Waals surface area (Å²) in [6, 6.07) is 2.06. The SMILES string of the molecule is N#CCCCCNC(=O)Cc1csc(N)n1. The highest BCUT2D eigenvalue weighted by Gasteiger charge is 2.05. The number of rotatable bonds is 6. The third-order valence-corrected chi connectivity index (χ3v) is 2.67. The Morgan fingerprint density at radius 1 is 1.62 bits per heavy atom. The number of carbonyl (C=O) groups is 1. The Morgan fingerprint density at radius 3 is 3.06 bits per heavy atom. The fourth-order valence-electron chi connectivity index (χ4n) is 1.19. The van der Waals surface area contributed by atoms with Gasteiger partial charge in [-0.2, -0.15) is 5.26 Å². The number of aromatic nitrogens is 1. The lowest BCUT2D eigenvalue weighted by molar-refractivity contribution is -0.120. The minimum Gasteiger partial charge on any atom is -0.375 e. The Bertz CT molecular complexity index is 382. The number of thiazole rings is 1. The number of nitrogens with zero attached hydrogens (tertiary/aromatic N) is 2. The number of anilines is 1. The summed E-state index contributed by atoms with van der Waals surface area (Å²) in [5.74, 6) is -0.0535. The molecule has 0 aliphatic carbocycles. The average molecular weight is 238 g/mol. The Morgan fingerprint density at radius 2 is 2.44 bits per heavy atom. The maximum Gasteiger partial charge on any atom is 0.226 e. The van der Waals surface area contributed by atoms with Gasteiger partial charge in [0.25, 0.3) is 0 Å². The van der Waals surface area contributed by atoms with Gasteiger partial charge in [0.15, 0.2) is 5.13 Å². The summed E-state index contributed by atoms with van der Waals surface area (Å²) in [4.78, 5) is 15.4. The molecule has 0 radical (unpaired) electrons. The second kappa shape index (κ2) is 6.80. The summed E-state index contributed by atoms with van der Waals surface area (Å²) < 4.78 is 0. The third-order valence-electron chi connectivity index (χ3n) is 1.95. The highest BCUT2D eigenvalue weighted by molar-refractivity contribution is 7.13. The Balaban J connectivity index is 2.14. The molecule has 0 unspecified atom stereocenters. The zero-order valence-corrected chi connectivity index (χ0v) is 9.72. The number of hydrogen-bond donors (Lipinski definition) is 2. The van der Waals surface area contributed by atoms with Crippen LogP contribution in [0.3, 0.4) is 0 Å². The largest absolute Gasteiger partial charge is 0.375 e. The van der Waals surface area contributed by atoms with E-state index in [1.54, 1.807) is 5.38 Å². The minimum atomic E-state index is -0.0535. The van der Waals surface area contributed by atoms with Crippen LogP contribution in [-0.4, -0.2) is 17.4 Å². The molecule has 1 aromatic rings. The molecule has 5 nitrogen and oxygen atoms in total. The summed E-state index contributed by atoms with van der Waals surface area (Å²) in [5, 5.41) is 13.4. The molecule has 16 heavy (non-hydrogen) atoms. The van der Waals surface area contributed by atoms with Crippen molar-refractivity contribution >= 4 is 22.4 Å². The van der Waals surface area contributed by atoms with Gasteiger partial charge in [-0.15, -0.1) is 11.3 Å². The van der Waals surface area contributed by atoms with Crippen LogP contribution in [0, 0.1) is 11.3 Å². The van der Waals surface area contributed by atoms with Crippen LogP contribution in [0.15, 0.2) is 5.38 Å². The first-order chi connectivity index (χ1) is 7.72. The number of nitrogens with two attached hydrogens (primary N) is 1. The number of carbonyl (C=O) groups excluding carboxylic acids is 1. The van der Waals surface area contributed by atoms with Crippen molar-refractivity contribution in [2.45, 2.75) is 25.7 Å². The maximum absolute atomic E-state index is 11.4. The highest BCUT2D eigenvalue weighted by Crippen LogP contribution is 2.11. The van der Waals surface area contributed by atoms with E-state index in [9.17, 15) is 4.79 Å². The van der Waals surface area contributed by atoms with E-state index in [0.29, 0.717) is 23.8 Å². The van der Waals surface area contributed by atoms with E-state index in [1.165, 1.54) is 11.3 Å². The summed E-state index contributed by atoms with van der Waals surface area (Å²) in [6.45, 7) is 0.611. The lowest BCUT2D eigenvalue weighted by atomic mass is 10.2. The van der Waals surface area contributed by atoms with E-state index < -0.39 is 0 Å². The average Bonchev–Trinajstić information content (AvgIpc) is 2.63. The van der Waals surface area contributed by atoms with Gasteiger partial charge in [0.1, 0.15) is 0 Å². The molecule has 0 saturated heterocycles. The van der Waals surface area contributed by atoms with Crippen molar-refractivity contribution in [3.63, 3.8) is 0 Å². The summed E-state index contributed by atoms with van der Waals surface area (Å²) in [7, 11) is 0. The lowest BCUT2D eigenvalue weighted by Crippen LogP contribution is -2.26. The van der Waals surface area contributed by atoms with Crippen molar-refractivity contribution in [3.8, 4) is 6.07 Å². The van der Waals surface area contributed by atoms with Crippen LogP contribution in [0.2, 0.25) is 0 Å². The fourth-order valence-corrected chi connectivity index (χ4v) is 1.75. The standard InChI is InChI=1S/C10H14N4OS/c11-4-2-1-3-5-13-9(15)6-8-7-16-10(12)14-8/h7H,1-3,5-6H2,(H2,12,14)(H,13,15). The zero-order valence-electron chi connectivity index (χ0n) is 8.90. The first-order valence-corrected chi connectivity index (χ1v) is 5.94. The van der Waals surface area contributed by atoms with Gasteiger partial charge >= 0.3 is 0 Å². The van der Waals surface area contributed by atoms with Crippen LogP contribution in [0.25, 0.3) is 0 Å². The summed E-state index contributed by atoms with van der Waals surface area (Å²) in [6.07, 6.45) is 2.46. The van der Waals surface area contributed by atoms with Crippen molar-refractivity contribution in [1.82, 2.24) is 10.3 Å². The lowest BCUT2D eigenvalue weighted by Gasteiger charge is -2.02. The second-order valence-corrected chi connectivity index (χ2v) is 4.21. The fraction of sp³-hybridized carbons (Fsp3) is 0.500. The number of nitrogens with one attached hydrogen (secondary N) is 1. The molecular formula is C10H14N4OS. The van der Waals surface area contributed by atoms with Gasteiger partial charge in [-0.1, -0.05) is 0 Å². The molecule has 0 aromatic carbocycles. The van der Waals surface area contributed by atoms with E-state index in [2.05, 4.69) is 16.4 Å². The summed E-state index contributed by atoms with van der Waals surface area (Å²) >= 11 is 1.33. The van der Waals surface area contributed by atoms with Gasteiger partial charge in [-0.25, -0.2) is 4.98 Å². The first kappa shape index (κ1) is 12.5. The van der Waals surface area contributed by atoms with Gasteiger partial charge < -0.3 is 11.1 Å². The van der Waals surface area contributed by atoms with Crippen molar-refractivity contribution in [1.29, 1.82) is 5.26 Å². The van der Waals surface area contributed by atoms with Crippen molar-refractivity contribution < 1.29 is 4.79 Å². The molecule has 0 saturated carbocycles. The predicted octanol–water partition coefficient (Wildman–Crippen LogP) is 1.08. The predicted molar refractivity (Wildman–Crippen MR) is 62.7 cm³/mol. The smallest absolute Gasteiger partial charge is 0.226 e. The quantitative estimate of drug-likeness (QED) is 0.725. The molecule has 86 valence electrons. The molecule has 1 heterocycles. The molecule has 0 atom stereocenters. The molecule has 0 fully saturated rings. The molecule has 0 spiro atoms. The second-order valence-electron chi connectivity index (χ2n) is 3.32. The van der Waals surface area contributed by atoms with E-state index in [-0.39, 0.29) is 12.3 Å². The van der Waals surface area contributed by atoms with Gasteiger partial charge in [-0.05, 0) is 12.8 Å². The van der Waals surface area contributed by atoms with Gasteiger partial charge in [-0.3, -0.25) is 4.79 Å². The Labute approximate surface area is 98.3 Å². The molecule has 0 aliphatic rings. The van der Waals surface area contributed by atoms with Crippen LogP contribution in [0.5, 0.6) is 0 Å². The van der Waals surface area contributed by atoms with Gasteiger partial charge in [0, 0.05) is 18.3 Å². The number of hydrogen-bond acceptors (Lipinski definition) is 5. The summed E-state index contributed by atoms with van der Waals surface area (Å²) in [5.41, 5.74) is 6.16. The van der Waals surface area contributed by atoms with E-state index in [4.69, 9.17) is 11.0 Å².